The lowest BCUT2D eigenvalue weighted by Crippen LogP contribution is -2.50. The highest BCUT2D eigenvalue weighted by Gasteiger charge is 2.32. The van der Waals surface area contributed by atoms with Crippen LogP contribution in [0.3, 0.4) is 0 Å². The van der Waals surface area contributed by atoms with Crippen LogP contribution >= 0.6 is 0 Å². The highest BCUT2D eigenvalue weighted by atomic mass is 32.2. The molecule has 1 aliphatic heterocycles. The fourth-order valence-corrected chi connectivity index (χ4v) is 6.47. The molecule has 3 aromatic rings. The van der Waals surface area contributed by atoms with Crippen LogP contribution in [0.2, 0.25) is 0 Å². The second-order valence-corrected chi connectivity index (χ2v) is 10.7. The van der Waals surface area contributed by atoms with Crippen molar-refractivity contribution in [3.05, 3.63) is 51.2 Å². The van der Waals surface area contributed by atoms with Crippen LogP contribution in [0, 0.1) is 27.7 Å². The van der Waals surface area contributed by atoms with Gasteiger partial charge in [-0.15, -0.1) is 0 Å². The Morgan fingerprint density at radius 3 is 2.26 bits per heavy atom. The quantitative estimate of drug-likeness (QED) is 0.537. The average Bonchev–Trinajstić information content (AvgIpc) is 3.18. The molecule has 1 saturated heterocycles. The Balaban J connectivity index is 1.42. The number of aryl methyl sites for hydroxylation is 4. The predicted molar refractivity (Wildman–Crippen MR) is 128 cm³/mol. The Morgan fingerprint density at radius 1 is 1.03 bits per heavy atom. The van der Waals surface area contributed by atoms with E-state index in [2.05, 4.69) is 10.1 Å². The highest BCUT2D eigenvalue weighted by molar-refractivity contribution is 7.89. The second kappa shape index (κ2) is 8.95. The Morgan fingerprint density at radius 2 is 1.65 bits per heavy atom. The molecule has 0 unspecified atom stereocenters. The molecule has 4 rings (SSSR count). The molecule has 0 atom stereocenters. The topological polar surface area (TPSA) is 110 Å². The summed E-state index contributed by atoms with van der Waals surface area (Å²) in [5.41, 5.74) is 3.70. The third-order valence-electron chi connectivity index (χ3n) is 6.77. The van der Waals surface area contributed by atoms with Crippen LogP contribution < -0.4 is 5.56 Å². The molecule has 0 aliphatic carbocycles. The van der Waals surface area contributed by atoms with E-state index in [9.17, 15) is 18.0 Å². The molecule has 0 spiro atoms. The van der Waals surface area contributed by atoms with Crippen LogP contribution in [0.4, 0.5) is 0 Å². The minimum absolute atomic E-state index is 0.117. The van der Waals surface area contributed by atoms with Crippen molar-refractivity contribution >= 4 is 27.0 Å². The van der Waals surface area contributed by atoms with Crippen LogP contribution in [0.25, 0.3) is 11.0 Å². The first kappa shape index (κ1) is 24.1. The third kappa shape index (κ3) is 4.14. The third-order valence-corrected chi connectivity index (χ3v) is 8.94. The van der Waals surface area contributed by atoms with E-state index in [0.717, 1.165) is 22.3 Å². The first-order valence-corrected chi connectivity index (χ1v) is 12.7. The van der Waals surface area contributed by atoms with Gasteiger partial charge in [0.2, 0.25) is 15.9 Å². The summed E-state index contributed by atoms with van der Waals surface area (Å²) in [5, 5.41) is 4.46. The molecule has 1 aromatic carbocycles. The summed E-state index contributed by atoms with van der Waals surface area (Å²) < 4.78 is 31.3. The maximum absolute atomic E-state index is 13.4. The normalized spacial score (nSPS) is 15.3. The van der Waals surface area contributed by atoms with Crippen molar-refractivity contribution in [2.75, 3.05) is 26.2 Å². The molecular formula is C23H30N6O4S. The van der Waals surface area contributed by atoms with E-state index in [-0.39, 0.29) is 37.5 Å². The molecule has 0 bridgehead atoms. The number of nitrogens with zero attached hydrogens (tertiary/aromatic N) is 6. The maximum Gasteiger partial charge on any atom is 0.264 e. The Hall–Kier alpha value is -3.05. The van der Waals surface area contributed by atoms with Gasteiger partial charge in [-0.1, -0.05) is 6.07 Å². The number of sulfonamides is 1. The van der Waals surface area contributed by atoms with Gasteiger partial charge in [0.15, 0.2) is 5.65 Å². The number of rotatable bonds is 5. The van der Waals surface area contributed by atoms with E-state index in [1.54, 1.807) is 11.9 Å². The van der Waals surface area contributed by atoms with Gasteiger partial charge >= 0.3 is 0 Å². The first-order chi connectivity index (χ1) is 16.0. The molecule has 1 aliphatic rings. The van der Waals surface area contributed by atoms with Crippen LogP contribution in [-0.4, -0.2) is 69.0 Å². The van der Waals surface area contributed by atoms with Crippen molar-refractivity contribution in [3.8, 4) is 0 Å². The summed E-state index contributed by atoms with van der Waals surface area (Å²) in [6.07, 6.45) is 3.04. The molecule has 1 fully saturated rings. The highest BCUT2D eigenvalue weighted by Crippen LogP contribution is 2.29. The number of carbonyl (C=O) groups excluding carboxylic acids is 1. The van der Waals surface area contributed by atoms with E-state index in [1.165, 1.54) is 26.1 Å². The summed E-state index contributed by atoms with van der Waals surface area (Å²) in [6, 6.07) is 2.01. The molecule has 182 valence electrons. The smallest absolute Gasteiger partial charge is 0.264 e. The zero-order valence-electron chi connectivity index (χ0n) is 20.2. The van der Waals surface area contributed by atoms with Gasteiger partial charge in [-0.3, -0.25) is 18.8 Å². The summed E-state index contributed by atoms with van der Waals surface area (Å²) in [6.45, 7) is 8.84. The van der Waals surface area contributed by atoms with Crippen molar-refractivity contribution in [1.29, 1.82) is 0 Å². The van der Waals surface area contributed by atoms with Crippen LogP contribution in [-0.2, 0) is 28.4 Å². The van der Waals surface area contributed by atoms with Gasteiger partial charge in [0, 0.05) is 46.2 Å². The van der Waals surface area contributed by atoms with Crippen molar-refractivity contribution in [2.24, 2.45) is 7.05 Å². The maximum atomic E-state index is 13.4. The lowest BCUT2D eigenvalue weighted by Gasteiger charge is -2.35. The van der Waals surface area contributed by atoms with E-state index < -0.39 is 10.0 Å². The van der Waals surface area contributed by atoms with Crippen molar-refractivity contribution in [2.45, 2.75) is 45.6 Å². The molecule has 10 nitrogen and oxygen atoms in total. The zero-order valence-corrected chi connectivity index (χ0v) is 21.0. The summed E-state index contributed by atoms with van der Waals surface area (Å²) >= 11 is 0. The van der Waals surface area contributed by atoms with Gasteiger partial charge in [-0.25, -0.2) is 13.4 Å². The summed E-state index contributed by atoms with van der Waals surface area (Å²) in [4.78, 5) is 31.7. The van der Waals surface area contributed by atoms with Gasteiger partial charge in [-0.05, 0) is 49.9 Å². The lowest BCUT2D eigenvalue weighted by molar-refractivity contribution is -0.132. The molecule has 0 saturated carbocycles. The zero-order chi connectivity index (χ0) is 24.8. The first-order valence-electron chi connectivity index (χ1n) is 11.2. The monoisotopic (exact) mass is 486 g/mol. The number of amides is 1. The van der Waals surface area contributed by atoms with E-state index >= 15 is 0 Å². The average molecular weight is 487 g/mol. The molecule has 0 N–H and O–H groups in total. The number of carbonyl (C=O) groups is 1. The van der Waals surface area contributed by atoms with Gasteiger partial charge < -0.3 is 4.90 Å². The number of benzene rings is 1. The molecule has 0 radical (unpaired) electrons. The van der Waals surface area contributed by atoms with Crippen molar-refractivity contribution in [1.82, 2.24) is 28.5 Å². The van der Waals surface area contributed by atoms with Gasteiger partial charge in [0.05, 0.1) is 17.4 Å². The second-order valence-electron chi connectivity index (χ2n) is 8.87. The largest absolute Gasteiger partial charge is 0.340 e. The Kier molecular flexibility index (Phi) is 6.34. The number of aromatic nitrogens is 4. The minimum Gasteiger partial charge on any atom is -0.340 e. The Bertz CT molecular complexity index is 1410. The fraction of sp³-hybridized carbons (Fsp3) is 0.478. The summed E-state index contributed by atoms with van der Waals surface area (Å²) in [7, 11) is -1.95. The van der Waals surface area contributed by atoms with Gasteiger partial charge in [0.1, 0.15) is 5.39 Å². The van der Waals surface area contributed by atoms with E-state index in [0.29, 0.717) is 29.0 Å². The van der Waals surface area contributed by atoms with Gasteiger partial charge in [0.25, 0.3) is 5.56 Å². The molecule has 1 amide bonds. The molecule has 2 aromatic heterocycles. The number of hydrogen-bond acceptors (Lipinski definition) is 6. The molecule has 11 heteroatoms. The number of fused-ring (bicyclic) bond motifs is 1. The molecule has 3 heterocycles. The van der Waals surface area contributed by atoms with Crippen LogP contribution in [0.5, 0.6) is 0 Å². The summed E-state index contributed by atoms with van der Waals surface area (Å²) in [5.74, 6) is -0.117. The standard InChI is InChI=1S/C23H30N6O4S/c1-15-12-16(2)18(4)21(17(15)3)34(32,33)29-10-8-27(9-11-29)20(30)6-7-28-14-24-22-19(23(28)31)13-25-26(22)5/h12-14H,6-11H2,1-5H3. The van der Waals surface area contributed by atoms with Crippen molar-refractivity contribution in [3.63, 3.8) is 0 Å². The van der Waals surface area contributed by atoms with Crippen LogP contribution in [0.15, 0.2) is 28.3 Å². The van der Waals surface area contributed by atoms with E-state index in [4.69, 9.17) is 0 Å². The van der Waals surface area contributed by atoms with E-state index in [1.807, 2.05) is 33.8 Å². The van der Waals surface area contributed by atoms with Gasteiger partial charge in [-0.2, -0.15) is 9.40 Å². The van der Waals surface area contributed by atoms with Crippen LogP contribution in [0.1, 0.15) is 28.7 Å². The molecule has 34 heavy (non-hydrogen) atoms. The number of hydrogen-bond donors (Lipinski definition) is 0. The fourth-order valence-electron chi connectivity index (χ4n) is 4.47. The SMILES string of the molecule is Cc1cc(C)c(C)c(S(=O)(=O)N2CCN(C(=O)CCn3cnc4c(cnn4C)c3=O)CC2)c1C. The Labute approximate surface area is 198 Å². The lowest BCUT2D eigenvalue weighted by atomic mass is 10.0. The molecular weight excluding hydrogens is 456 g/mol. The van der Waals surface area contributed by atoms with Crippen molar-refractivity contribution < 1.29 is 13.2 Å². The predicted octanol–water partition coefficient (Wildman–Crippen LogP) is 1.29. The number of piperazine rings is 1. The minimum atomic E-state index is -3.66.